The maximum atomic E-state index is 12.7. The van der Waals surface area contributed by atoms with E-state index >= 15 is 0 Å². The Morgan fingerprint density at radius 2 is 1.80 bits per heavy atom. The van der Waals surface area contributed by atoms with Gasteiger partial charge in [0.25, 0.3) is 0 Å². The topological polar surface area (TPSA) is 78.4 Å². The molecule has 1 rings (SSSR count). The highest BCUT2D eigenvalue weighted by Gasteiger charge is 2.58. The number of amides is 2. The number of hydrogen-bond donors (Lipinski definition) is 3. The summed E-state index contributed by atoms with van der Waals surface area (Å²) in [4.78, 5) is 22.2. The number of anilines is 1. The first-order valence-electron chi connectivity index (χ1n) is 5.22. The molecule has 3 N–H and O–H groups in total. The number of halogens is 4. The van der Waals surface area contributed by atoms with Crippen LogP contribution in [0.5, 0.6) is 0 Å². The molecule has 0 aliphatic rings. The van der Waals surface area contributed by atoms with Crippen molar-refractivity contribution in [2.45, 2.75) is 18.6 Å². The number of urea groups is 1. The zero-order valence-electron chi connectivity index (χ0n) is 10.1. The fraction of sp³-hybridized carbons (Fsp3) is 0.273. The second-order valence-corrected chi connectivity index (χ2v) is 4.39. The summed E-state index contributed by atoms with van der Waals surface area (Å²) in [7, 11) is 0. The molecule has 0 saturated heterocycles. The van der Waals surface area contributed by atoms with Crippen LogP contribution in [-0.2, 0) is 4.79 Å². The third-order valence-corrected chi connectivity index (χ3v) is 2.81. The van der Waals surface area contributed by atoms with Crippen LogP contribution < -0.4 is 10.6 Å². The molecule has 0 aromatic heterocycles. The fourth-order valence-electron chi connectivity index (χ4n) is 1.19. The molecular weight excluding hydrogens is 301 g/mol. The van der Waals surface area contributed by atoms with Gasteiger partial charge in [-0.2, -0.15) is 13.2 Å². The molecule has 0 radical (unpaired) electrons. The van der Waals surface area contributed by atoms with E-state index in [-0.39, 0.29) is 10.7 Å². The lowest BCUT2D eigenvalue weighted by molar-refractivity contribution is -0.203. The SMILES string of the molecule is CC(NC(=O)Nc1ccccc1Cl)(C(=O)O)C(F)(F)F. The molecule has 1 aromatic carbocycles. The van der Waals surface area contributed by atoms with E-state index in [1.807, 2.05) is 5.32 Å². The molecular formula is C11H10ClF3N2O3. The second kappa shape index (κ2) is 5.58. The molecule has 5 nitrogen and oxygen atoms in total. The molecule has 0 aliphatic carbocycles. The van der Waals surface area contributed by atoms with Gasteiger partial charge in [-0.3, -0.25) is 0 Å². The molecule has 0 saturated carbocycles. The van der Waals surface area contributed by atoms with Crippen LogP contribution in [0, 0.1) is 0 Å². The monoisotopic (exact) mass is 310 g/mol. The van der Waals surface area contributed by atoms with Gasteiger partial charge in [0, 0.05) is 0 Å². The van der Waals surface area contributed by atoms with E-state index in [1.54, 1.807) is 6.07 Å². The number of carbonyl (C=O) groups is 2. The number of hydrogen-bond acceptors (Lipinski definition) is 2. The molecule has 0 aliphatic heterocycles. The van der Waals surface area contributed by atoms with Gasteiger partial charge in [0.05, 0.1) is 10.7 Å². The molecule has 1 unspecified atom stereocenters. The summed E-state index contributed by atoms with van der Waals surface area (Å²) < 4.78 is 38.1. The molecule has 0 bridgehead atoms. The Balaban J connectivity index is 2.89. The third kappa shape index (κ3) is 3.32. The van der Waals surface area contributed by atoms with Gasteiger partial charge in [-0.1, -0.05) is 23.7 Å². The molecule has 9 heteroatoms. The van der Waals surface area contributed by atoms with Crippen molar-refractivity contribution < 1.29 is 27.9 Å². The number of nitrogens with one attached hydrogen (secondary N) is 2. The summed E-state index contributed by atoms with van der Waals surface area (Å²) in [6.45, 7) is 0.349. The van der Waals surface area contributed by atoms with Crippen molar-refractivity contribution >= 4 is 29.3 Å². The highest BCUT2D eigenvalue weighted by atomic mass is 35.5. The zero-order chi connectivity index (χ0) is 15.6. The van der Waals surface area contributed by atoms with Crippen LogP contribution in [0.1, 0.15) is 6.92 Å². The molecule has 1 atom stereocenters. The van der Waals surface area contributed by atoms with Crippen molar-refractivity contribution in [2.75, 3.05) is 5.32 Å². The Morgan fingerprint density at radius 1 is 1.25 bits per heavy atom. The van der Waals surface area contributed by atoms with Gasteiger partial charge in [0.2, 0.25) is 5.54 Å². The molecule has 0 heterocycles. The molecule has 0 fully saturated rings. The molecule has 110 valence electrons. The largest absolute Gasteiger partial charge is 0.479 e. The third-order valence-electron chi connectivity index (χ3n) is 2.48. The highest BCUT2D eigenvalue weighted by molar-refractivity contribution is 6.33. The minimum atomic E-state index is -5.16. The van der Waals surface area contributed by atoms with Crippen molar-refractivity contribution in [2.24, 2.45) is 0 Å². The highest BCUT2D eigenvalue weighted by Crippen LogP contribution is 2.30. The summed E-state index contributed by atoms with van der Waals surface area (Å²) in [5, 5.41) is 12.2. The number of benzene rings is 1. The van der Waals surface area contributed by atoms with Crippen molar-refractivity contribution in [3.63, 3.8) is 0 Å². The maximum Gasteiger partial charge on any atom is 0.422 e. The second-order valence-electron chi connectivity index (χ2n) is 3.99. The maximum absolute atomic E-state index is 12.7. The number of para-hydroxylation sites is 1. The van der Waals surface area contributed by atoms with Gasteiger partial charge >= 0.3 is 18.2 Å². The van der Waals surface area contributed by atoms with Gasteiger partial charge in [-0.05, 0) is 19.1 Å². The van der Waals surface area contributed by atoms with Crippen LogP contribution in [0.15, 0.2) is 24.3 Å². The number of carboxylic acid groups (broad SMARTS) is 1. The summed E-state index contributed by atoms with van der Waals surface area (Å²) >= 11 is 5.71. The minimum Gasteiger partial charge on any atom is -0.479 e. The van der Waals surface area contributed by atoms with Crippen LogP contribution in [0.2, 0.25) is 5.02 Å². The van der Waals surface area contributed by atoms with Gasteiger partial charge < -0.3 is 15.7 Å². The Morgan fingerprint density at radius 3 is 2.25 bits per heavy atom. The van der Waals surface area contributed by atoms with Crippen LogP contribution >= 0.6 is 11.6 Å². The quantitative estimate of drug-likeness (QED) is 0.803. The van der Waals surface area contributed by atoms with Crippen LogP contribution in [0.25, 0.3) is 0 Å². The lowest BCUT2D eigenvalue weighted by atomic mass is 10.0. The van der Waals surface area contributed by atoms with E-state index in [0.717, 1.165) is 0 Å². The van der Waals surface area contributed by atoms with E-state index in [1.165, 1.54) is 23.5 Å². The van der Waals surface area contributed by atoms with Gasteiger partial charge in [-0.25, -0.2) is 9.59 Å². The summed E-state index contributed by atoms with van der Waals surface area (Å²) in [5.41, 5.74) is -3.35. The Bertz CT molecular complexity index is 536. The molecule has 0 spiro atoms. The molecule has 20 heavy (non-hydrogen) atoms. The first kappa shape index (κ1) is 16.1. The van der Waals surface area contributed by atoms with E-state index in [0.29, 0.717) is 6.92 Å². The van der Waals surface area contributed by atoms with E-state index in [2.05, 4.69) is 0 Å². The van der Waals surface area contributed by atoms with Crippen molar-refractivity contribution in [1.29, 1.82) is 0 Å². The van der Waals surface area contributed by atoms with Gasteiger partial charge in [-0.15, -0.1) is 0 Å². The van der Waals surface area contributed by atoms with Gasteiger partial charge in [0.1, 0.15) is 0 Å². The lowest BCUT2D eigenvalue weighted by Crippen LogP contribution is -2.62. The smallest absolute Gasteiger partial charge is 0.422 e. The van der Waals surface area contributed by atoms with Crippen LogP contribution in [-0.4, -0.2) is 28.8 Å². The summed E-state index contributed by atoms with van der Waals surface area (Å²) in [6.07, 6.45) is -5.16. The number of carbonyl (C=O) groups excluding carboxylic acids is 1. The molecule has 1 aromatic rings. The summed E-state index contributed by atoms with van der Waals surface area (Å²) in [6, 6.07) is 4.50. The molecule has 2 amide bonds. The minimum absolute atomic E-state index is 0.0570. The van der Waals surface area contributed by atoms with Crippen LogP contribution in [0.3, 0.4) is 0 Å². The lowest BCUT2D eigenvalue weighted by Gasteiger charge is -2.28. The number of carboxylic acids is 1. The average molecular weight is 311 g/mol. The number of aliphatic carboxylic acids is 1. The Labute approximate surface area is 116 Å². The average Bonchev–Trinajstić information content (AvgIpc) is 2.30. The van der Waals surface area contributed by atoms with Crippen LogP contribution in [0.4, 0.5) is 23.7 Å². The number of alkyl halides is 3. The van der Waals surface area contributed by atoms with Crippen molar-refractivity contribution in [1.82, 2.24) is 5.32 Å². The van der Waals surface area contributed by atoms with Crippen molar-refractivity contribution in [3.05, 3.63) is 29.3 Å². The number of rotatable bonds is 3. The standard InChI is InChI=1S/C11H10ClF3N2O3/c1-10(8(18)19,11(13,14)15)17-9(20)16-7-5-3-2-4-6(7)12/h2-5H,1H3,(H,18,19)(H2,16,17,20). The van der Waals surface area contributed by atoms with E-state index in [4.69, 9.17) is 16.7 Å². The predicted octanol–water partition coefficient (Wildman–Crippen LogP) is 2.87. The van der Waals surface area contributed by atoms with E-state index in [9.17, 15) is 22.8 Å². The first-order valence-corrected chi connectivity index (χ1v) is 5.59. The fourth-order valence-corrected chi connectivity index (χ4v) is 1.37. The normalized spacial score (nSPS) is 14.2. The Kier molecular flexibility index (Phi) is 4.49. The van der Waals surface area contributed by atoms with Crippen molar-refractivity contribution in [3.8, 4) is 0 Å². The first-order chi connectivity index (χ1) is 9.08. The van der Waals surface area contributed by atoms with E-state index < -0.39 is 23.7 Å². The Hall–Kier alpha value is -1.96. The van der Waals surface area contributed by atoms with Gasteiger partial charge in [0.15, 0.2) is 0 Å². The zero-order valence-corrected chi connectivity index (χ0v) is 10.8. The summed E-state index contributed by atoms with van der Waals surface area (Å²) in [5.74, 6) is -2.22. The predicted molar refractivity (Wildman–Crippen MR) is 65.7 cm³/mol.